The minimum atomic E-state index is -0.946. The van der Waals surface area contributed by atoms with Gasteiger partial charge < -0.3 is 5.11 Å². The molecule has 0 aromatic carbocycles. The maximum Gasteiger partial charge on any atom is 0.336 e. The van der Waals surface area contributed by atoms with Crippen molar-refractivity contribution < 1.29 is 9.90 Å². The molecule has 0 bridgehead atoms. The van der Waals surface area contributed by atoms with Gasteiger partial charge in [0.1, 0.15) is 0 Å². The molecule has 0 spiro atoms. The van der Waals surface area contributed by atoms with Crippen LogP contribution in [0.25, 0.3) is 11.0 Å². The van der Waals surface area contributed by atoms with Crippen molar-refractivity contribution in [1.82, 2.24) is 14.8 Å². The van der Waals surface area contributed by atoms with Crippen LogP contribution < -0.4 is 0 Å². The number of pyridine rings is 1. The van der Waals surface area contributed by atoms with Gasteiger partial charge >= 0.3 is 5.97 Å². The van der Waals surface area contributed by atoms with Crippen molar-refractivity contribution in [1.29, 1.82) is 0 Å². The highest BCUT2D eigenvalue weighted by atomic mass is 16.4. The number of carboxylic acids is 1. The summed E-state index contributed by atoms with van der Waals surface area (Å²) in [5, 5.41) is 14.0. The second kappa shape index (κ2) is 3.59. The summed E-state index contributed by atoms with van der Waals surface area (Å²) in [5.41, 5.74) is 1.59. The van der Waals surface area contributed by atoms with Gasteiger partial charge in [0.2, 0.25) is 0 Å². The van der Waals surface area contributed by atoms with E-state index in [1.54, 1.807) is 11.6 Å². The molecule has 1 N–H and O–H groups in total. The molecule has 0 aliphatic heterocycles. The van der Waals surface area contributed by atoms with Gasteiger partial charge in [-0.1, -0.05) is 0 Å². The Balaban J connectivity index is 2.84. The number of carbonyl (C=O) groups is 1. The molecule has 0 aliphatic carbocycles. The number of aromatic nitrogens is 3. The third kappa shape index (κ3) is 1.44. The Morgan fingerprint density at radius 2 is 2.19 bits per heavy atom. The second-order valence-corrected chi connectivity index (χ2v) is 3.99. The Morgan fingerprint density at radius 1 is 1.50 bits per heavy atom. The first kappa shape index (κ1) is 10.6. The fraction of sp³-hybridized carbons (Fsp3) is 0.364. The Hall–Kier alpha value is -1.91. The summed E-state index contributed by atoms with van der Waals surface area (Å²) in [6.45, 7) is 5.78. The van der Waals surface area contributed by atoms with Crippen LogP contribution in [0.5, 0.6) is 0 Å². The Kier molecular flexibility index (Phi) is 2.38. The highest BCUT2D eigenvalue weighted by Gasteiger charge is 2.17. The zero-order valence-electron chi connectivity index (χ0n) is 9.43. The molecule has 5 nitrogen and oxygen atoms in total. The molecule has 0 saturated heterocycles. The van der Waals surface area contributed by atoms with Gasteiger partial charge in [0, 0.05) is 12.2 Å². The van der Waals surface area contributed by atoms with Crippen molar-refractivity contribution in [3.63, 3.8) is 0 Å². The average Bonchev–Trinajstić information content (AvgIpc) is 2.56. The number of fused-ring (bicyclic) bond motifs is 1. The van der Waals surface area contributed by atoms with Crippen LogP contribution in [0.2, 0.25) is 0 Å². The summed E-state index contributed by atoms with van der Waals surface area (Å²) >= 11 is 0. The van der Waals surface area contributed by atoms with Crippen LogP contribution in [0, 0.1) is 6.92 Å². The SMILES string of the molecule is Cc1nn(C(C)C)c2nccc(C(=O)O)c12. The van der Waals surface area contributed by atoms with Gasteiger partial charge in [-0.15, -0.1) is 0 Å². The van der Waals surface area contributed by atoms with Gasteiger partial charge in [0.05, 0.1) is 16.6 Å². The molecular formula is C11H13N3O2. The molecule has 0 fully saturated rings. The van der Waals surface area contributed by atoms with E-state index in [4.69, 9.17) is 5.11 Å². The molecule has 0 unspecified atom stereocenters. The molecule has 2 rings (SSSR count). The molecule has 0 amide bonds. The first-order valence-electron chi connectivity index (χ1n) is 5.09. The Bertz CT molecular complexity index is 558. The quantitative estimate of drug-likeness (QED) is 0.839. The van der Waals surface area contributed by atoms with Crippen LogP contribution in [0.3, 0.4) is 0 Å². The second-order valence-electron chi connectivity index (χ2n) is 3.99. The third-order valence-electron chi connectivity index (χ3n) is 2.49. The minimum Gasteiger partial charge on any atom is -0.478 e. The average molecular weight is 219 g/mol. The van der Waals surface area contributed by atoms with Crippen LogP contribution in [-0.2, 0) is 0 Å². The molecule has 0 saturated carbocycles. The zero-order valence-corrected chi connectivity index (χ0v) is 9.43. The summed E-state index contributed by atoms with van der Waals surface area (Å²) in [6, 6.07) is 1.66. The lowest BCUT2D eigenvalue weighted by Gasteiger charge is -2.05. The molecule has 0 radical (unpaired) electrons. The highest BCUT2D eigenvalue weighted by Crippen LogP contribution is 2.22. The number of aromatic carboxylic acids is 1. The first-order valence-corrected chi connectivity index (χ1v) is 5.09. The molecule has 2 aromatic rings. The predicted octanol–water partition coefficient (Wildman–Crippen LogP) is 2.02. The summed E-state index contributed by atoms with van der Waals surface area (Å²) in [4.78, 5) is 15.3. The van der Waals surface area contributed by atoms with E-state index in [0.717, 1.165) is 0 Å². The number of carboxylic acid groups (broad SMARTS) is 1. The molecule has 84 valence electrons. The van der Waals surface area contributed by atoms with Crippen LogP contribution in [-0.4, -0.2) is 25.8 Å². The van der Waals surface area contributed by atoms with E-state index in [1.807, 2.05) is 13.8 Å². The normalized spacial score (nSPS) is 11.2. The monoisotopic (exact) mass is 219 g/mol. The van der Waals surface area contributed by atoms with Gasteiger partial charge in [-0.3, -0.25) is 0 Å². The standard InChI is InChI=1S/C11H13N3O2/c1-6(2)14-10-9(7(3)13-14)8(11(15)16)4-5-12-10/h4-6H,1-3H3,(H,15,16). The lowest BCUT2D eigenvalue weighted by molar-refractivity contribution is 0.0699. The van der Waals surface area contributed by atoms with Gasteiger partial charge in [0.25, 0.3) is 0 Å². The van der Waals surface area contributed by atoms with Crippen LogP contribution in [0.15, 0.2) is 12.3 Å². The smallest absolute Gasteiger partial charge is 0.336 e. The van der Waals surface area contributed by atoms with Crippen molar-refractivity contribution in [2.45, 2.75) is 26.8 Å². The van der Waals surface area contributed by atoms with E-state index in [9.17, 15) is 4.79 Å². The van der Waals surface area contributed by atoms with Crippen molar-refractivity contribution in [2.75, 3.05) is 0 Å². The van der Waals surface area contributed by atoms with E-state index in [0.29, 0.717) is 16.7 Å². The molecule has 0 aliphatic rings. The fourth-order valence-electron chi connectivity index (χ4n) is 1.78. The number of hydrogen-bond acceptors (Lipinski definition) is 3. The summed E-state index contributed by atoms with van der Waals surface area (Å²) in [5.74, 6) is -0.946. The molecular weight excluding hydrogens is 206 g/mol. The lowest BCUT2D eigenvalue weighted by atomic mass is 10.1. The number of hydrogen-bond donors (Lipinski definition) is 1. The maximum absolute atomic E-state index is 11.1. The number of rotatable bonds is 2. The Labute approximate surface area is 92.7 Å². The Morgan fingerprint density at radius 3 is 2.75 bits per heavy atom. The van der Waals surface area contributed by atoms with Crippen LogP contribution in [0.1, 0.15) is 35.9 Å². The maximum atomic E-state index is 11.1. The van der Waals surface area contributed by atoms with Crippen molar-refractivity contribution >= 4 is 17.0 Å². The third-order valence-corrected chi connectivity index (χ3v) is 2.49. The van der Waals surface area contributed by atoms with Crippen LogP contribution >= 0.6 is 0 Å². The van der Waals surface area contributed by atoms with Gasteiger partial charge in [-0.2, -0.15) is 5.10 Å². The zero-order chi connectivity index (χ0) is 11.9. The van der Waals surface area contributed by atoms with Gasteiger partial charge in [-0.25, -0.2) is 14.5 Å². The molecule has 16 heavy (non-hydrogen) atoms. The van der Waals surface area contributed by atoms with Gasteiger partial charge in [0.15, 0.2) is 5.65 Å². The minimum absolute atomic E-state index is 0.160. The van der Waals surface area contributed by atoms with Crippen molar-refractivity contribution in [2.24, 2.45) is 0 Å². The van der Waals surface area contributed by atoms with E-state index in [-0.39, 0.29) is 11.6 Å². The first-order chi connectivity index (χ1) is 7.52. The topological polar surface area (TPSA) is 68.0 Å². The van der Waals surface area contributed by atoms with Gasteiger partial charge in [-0.05, 0) is 26.8 Å². The summed E-state index contributed by atoms with van der Waals surface area (Å²) in [7, 11) is 0. The predicted molar refractivity (Wildman–Crippen MR) is 59.6 cm³/mol. The van der Waals surface area contributed by atoms with E-state index < -0.39 is 5.97 Å². The largest absolute Gasteiger partial charge is 0.478 e. The van der Waals surface area contributed by atoms with E-state index in [1.165, 1.54) is 12.3 Å². The fourth-order valence-corrected chi connectivity index (χ4v) is 1.78. The number of aryl methyl sites for hydroxylation is 1. The van der Waals surface area contributed by atoms with E-state index in [2.05, 4.69) is 10.1 Å². The van der Waals surface area contributed by atoms with Crippen LogP contribution in [0.4, 0.5) is 0 Å². The molecule has 2 aromatic heterocycles. The summed E-state index contributed by atoms with van der Waals surface area (Å²) in [6.07, 6.45) is 1.51. The molecule has 0 atom stereocenters. The lowest BCUT2D eigenvalue weighted by Crippen LogP contribution is -2.04. The summed E-state index contributed by atoms with van der Waals surface area (Å²) < 4.78 is 1.75. The molecule has 2 heterocycles. The molecule has 5 heteroatoms. The van der Waals surface area contributed by atoms with E-state index >= 15 is 0 Å². The van der Waals surface area contributed by atoms with Crippen molar-refractivity contribution in [3.05, 3.63) is 23.5 Å². The highest BCUT2D eigenvalue weighted by molar-refractivity contribution is 6.02. The van der Waals surface area contributed by atoms with Crippen molar-refractivity contribution in [3.8, 4) is 0 Å². The number of nitrogens with zero attached hydrogens (tertiary/aromatic N) is 3.